The molecule has 2 aromatic rings. The lowest BCUT2D eigenvalue weighted by molar-refractivity contribution is -0.142. The number of carbonyl (C=O) groups excluding carboxylic acids is 2. The Labute approximate surface area is 160 Å². The van der Waals surface area contributed by atoms with Crippen molar-refractivity contribution in [2.24, 2.45) is 0 Å². The van der Waals surface area contributed by atoms with E-state index in [1.807, 2.05) is 0 Å². The summed E-state index contributed by atoms with van der Waals surface area (Å²) in [5, 5.41) is 0.817. The largest absolute Gasteiger partial charge is 0.482 e. The third-order valence-corrected chi connectivity index (χ3v) is 4.51. The van der Waals surface area contributed by atoms with Crippen molar-refractivity contribution in [3.63, 3.8) is 0 Å². The molecule has 3 rings (SSSR count). The summed E-state index contributed by atoms with van der Waals surface area (Å²) in [6.45, 7) is 1.54. The molecule has 1 aliphatic heterocycles. The minimum absolute atomic E-state index is 0.173. The van der Waals surface area contributed by atoms with Crippen LogP contribution in [0.4, 0.5) is 0 Å². The highest BCUT2D eigenvalue weighted by Gasteiger charge is 2.30. The summed E-state index contributed by atoms with van der Waals surface area (Å²) in [7, 11) is 1.28. The fourth-order valence-corrected chi connectivity index (χ4v) is 2.82. The van der Waals surface area contributed by atoms with Gasteiger partial charge in [-0.2, -0.15) is 0 Å². The normalized spacial score (nSPS) is 14.2. The molecule has 0 radical (unpaired) electrons. The molecule has 0 N–H and O–H groups in total. The molecule has 1 aliphatic rings. The van der Waals surface area contributed by atoms with Crippen LogP contribution in [0.1, 0.15) is 21.5 Å². The van der Waals surface area contributed by atoms with Crippen LogP contribution in [0.5, 0.6) is 11.5 Å². The molecule has 26 heavy (non-hydrogen) atoms. The lowest BCUT2D eigenvalue weighted by Crippen LogP contribution is -2.12. The van der Waals surface area contributed by atoms with Gasteiger partial charge in [-0.25, -0.2) is 4.79 Å². The highest BCUT2D eigenvalue weighted by molar-refractivity contribution is 6.42. The Kier molecular flexibility index (Phi) is 5.20. The van der Waals surface area contributed by atoms with Gasteiger partial charge in [0.15, 0.2) is 12.4 Å². The molecule has 0 fully saturated rings. The average Bonchev–Trinajstić information content (AvgIpc) is 2.92. The van der Waals surface area contributed by atoms with Crippen LogP contribution in [-0.4, -0.2) is 25.5 Å². The number of allylic oxidation sites excluding steroid dienone is 1. The van der Waals surface area contributed by atoms with Gasteiger partial charge >= 0.3 is 5.97 Å². The van der Waals surface area contributed by atoms with E-state index in [1.54, 1.807) is 43.3 Å². The Hall–Kier alpha value is -2.50. The van der Waals surface area contributed by atoms with Gasteiger partial charge in [-0.05, 0) is 42.3 Å². The summed E-state index contributed by atoms with van der Waals surface area (Å²) in [4.78, 5) is 23.8. The number of hydrogen-bond donors (Lipinski definition) is 0. The maximum atomic E-state index is 12.6. The quantitative estimate of drug-likeness (QED) is 0.567. The molecular weight excluding hydrogens is 379 g/mol. The molecule has 2 aromatic carbocycles. The summed E-state index contributed by atoms with van der Waals surface area (Å²) < 4.78 is 15.6. The molecule has 0 spiro atoms. The smallest absolute Gasteiger partial charge is 0.343 e. The van der Waals surface area contributed by atoms with E-state index in [9.17, 15) is 9.59 Å². The topological polar surface area (TPSA) is 61.8 Å². The van der Waals surface area contributed by atoms with E-state index in [-0.39, 0.29) is 18.1 Å². The van der Waals surface area contributed by atoms with E-state index >= 15 is 0 Å². The van der Waals surface area contributed by atoms with Gasteiger partial charge in [-0.15, -0.1) is 0 Å². The second kappa shape index (κ2) is 7.40. The van der Waals surface area contributed by atoms with Crippen molar-refractivity contribution in [1.82, 2.24) is 0 Å². The van der Waals surface area contributed by atoms with Crippen molar-refractivity contribution in [2.75, 3.05) is 13.7 Å². The summed E-state index contributed by atoms with van der Waals surface area (Å²) in [5.41, 5.74) is 1.84. The minimum atomic E-state index is -0.500. The Morgan fingerprint density at radius 2 is 1.96 bits per heavy atom. The highest BCUT2D eigenvalue weighted by Crippen LogP contribution is 2.37. The van der Waals surface area contributed by atoms with Crippen LogP contribution in [0.3, 0.4) is 0 Å². The first-order valence-corrected chi connectivity index (χ1v) is 8.38. The van der Waals surface area contributed by atoms with Crippen molar-refractivity contribution < 1.29 is 23.8 Å². The number of benzene rings is 2. The van der Waals surface area contributed by atoms with Crippen LogP contribution in [0.2, 0.25) is 10.0 Å². The van der Waals surface area contributed by atoms with Gasteiger partial charge in [0.05, 0.1) is 22.7 Å². The number of fused-ring (bicyclic) bond motifs is 1. The predicted molar refractivity (Wildman–Crippen MR) is 98.1 cm³/mol. The number of hydrogen-bond acceptors (Lipinski definition) is 5. The fourth-order valence-electron chi connectivity index (χ4n) is 2.52. The second-order valence-electron chi connectivity index (χ2n) is 5.59. The van der Waals surface area contributed by atoms with E-state index in [2.05, 4.69) is 4.74 Å². The van der Waals surface area contributed by atoms with Crippen molar-refractivity contribution in [3.05, 3.63) is 62.8 Å². The highest BCUT2D eigenvalue weighted by atomic mass is 35.5. The summed E-state index contributed by atoms with van der Waals surface area (Å²) >= 11 is 11.9. The SMILES string of the molecule is COC(=O)COc1cc(C)c2c(c1)O/C(=C\c1ccc(Cl)c(Cl)c1)C2=O. The Bertz CT molecular complexity index is 934. The zero-order valence-electron chi connectivity index (χ0n) is 14.0. The number of halogens is 2. The zero-order valence-corrected chi connectivity index (χ0v) is 15.5. The van der Waals surface area contributed by atoms with Gasteiger partial charge in [-0.1, -0.05) is 29.3 Å². The van der Waals surface area contributed by atoms with Crippen LogP contribution >= 0.6 is 23.2 Å². The molecule has 0 aliphatic carbocycles. The van der Waals surface area contributed by atoms with Gasteiger partial charge in [0.25, 0.3) is 0 Å². The molecular formula is C19H14Cl2O5. The maximum absolute atomic E-state index is 12.6. The standard InChI is InChI=1S/C19H14Cl2O5/c1-10-5-12(25-9-17(22)24-2)8-15-18(10)19(23)16(26-15)7-11-3-4-13(20)14(21)6-11/h3-8H,9H2,1-2H3/b16-7-. The first-order valence-electron chi connectivity index (χ1n) is 7.62. The third-order valence-electron chi connectivity index (χ3n) is 3.77. The van der Waals surface area contributed by atoms with E-state index in [1.165, 1.54) is 7.11 Å². The van der Waals surface area contributed by atoms with Gasteiger partial charge < -0.3 is 14.2 Å². The first-order chi connectivity index (χ1) is 12.4. The molecule has 0 atom stereocenters. The number of carbonyl (C=O) groups is 2. The number of ether oxygens (including phenoxy) is 3. The molecule has 5 nitrogen and oxygen atoms in total. The van der Waals surface area contributed by atoms with Gasteiger partial charge in [0.1, 0.15) is 11.5 Å². The van der Waals surface area contributed by atoms with Crippen LogP contribution in [0.25, 0.3) is 6.08 Å². The molecule has 0 bridgehead atoms. The van der Waals surface area contributed by atoms with Crippen LogP contribution in [0.15, 0.2) is 36.1 Å². The summed E-state index contributed by atoms with van der Waals surface area (Å²) in [5.74, 6) is 0.228. The molecule has 1 heterocycles. The molecule has 7 heteroatoms. The molecule has 0 saturated heterocycles. The molecule has 134 valence electrons. The van der Waals surface area contributed by atoms with Crippen molar-refractivity contribution in [1.29, 1.82) is 0 Å². The summed E-state index contributed by atoms with van der Waals surface area (Å²) in [6.07, 6.45) is 1.60. The predicted octanol–water partition coefficient (Wildman–Crippen LogP) is 4.47. The average molecular weight is 393 g/mol. The monoisotopic (exact) mass is 392 g/mol. The number of Topliss-reactive ketones (excluding diaryl/α,β-unsaturated/α-hetero) is 1. The fraction of sp³-hybridized carbons (Fsp3) is 0.158. The molecule has 0 saturated carbocycles. The number of methoxy groups -OCH3 is 1. The number of esters is 1. The van der Waals surface area contributed by atoms with Gasteiger partial charge in [0, 0.05) is 6.07 Å². The number of rotatable bonds is 4. The molecule has 0 unspecified atom stereocenters. The number of aryl methyl sites for hydroxylation is 1. The van der Waals surface area contributed by atoms with Gasteiger partial charge in [0.2, 0.25) is 5.78 Å². The second-order valence-corrected chi connectivity index (χ2v) is 6.41. The third kappa shape index (κ3) is 3.69. The van der Waals surface area contributed by atoms with Crippen LogP contribution < -0.4 is 9.47 Å². The van der Waals surface area contributed by atoms with E-state index in [0.717, 1.165) is 0 Å². The first kappa shape index (κ1) is 18.3. The van der Waals surface area contributed by atoms with Crippen LogP contribution in [0, 0.1) is 6.92 Å². The van der Waals surface area contributed by atoms with Crippen molar-refractivity contribution in [2.45, 2.75) is 6.92 Å². The zero-order chi connectivity index (χ0) is 18.8. The van der Waals surface area contributed by atoms with Gasteiger partial charge in [-0.3, -0.25) is 4.79 Å². The molecule has 0 amide bonds. The van der Waals surface area contributed by atoms with Crippen LogP contribution in [-0.2, 0) is 9.53 Å². The maximum Gasteiger partial charge on any atom is 0.343 e. The molecule has 0 aromatic heterocycles. The Morgan fingerprint density at radius 3 is 2.65 bits per heavy atom. The van der Waals surface area contributed by atoms with E-state index < -0.39 is 5.97 Å². The Morgan fingerprint density at radius 1 is 1.19 bits per heavy atom. The lowest BCUT2D eigenvalue weighted by atomic mass is 10.0. The van der Waals surface area contributed by atoms with Crippen molar-refractivity contribution >= 4 is 41.0 Å². The lowest BCUT2D eigenvalue weighted by Gasteiger charge is -2.08. The van der Waals surface area contributed by atoms with Crippen molar-refractivity contribution in [3.8, 4) is 11.5 Å². The van der Waals surface area contributed by atoms with E-state index in [0.29, 0.717) is 38.2 Å². The summed E-state index contributed by atoms with van der Waals surface area (Å²) in [6, 6.07) is 8.27. The minimum Gasteiger partial charge on any atom is -0.482 e. The van der Waals surface area contributed by atoms with E-state index in [4.69, 9.17) is 32.7 Å². The Balaban J connectivity index is 1.88. The number of ketones is 1.